The quantitative estimate of drug-likeness (QED) is 0.882. The normalized spacial score (nSPS) is 18.2. The zero-order chi connectivity index (χ0) is 14.7. The van der Waals surface area contributed by atoms with Crippen LogP contribution in [-0.2, 0) is 0 Å². The standard InChI is InChI=1S/C16H18ClN3O/c17-14-10-15(20-8-6-12(11-20)7-9-21)19-16(18-14)13-4-2-1-3-5-13/h1-5,10,12,21H,6-9,11H2. The highest BCUT2D eigenvalue weighted by molar-refractivity contribution is 6.29. The smallest absolute Gasteiger partial charge is 0.163 e. The van der Waals surface area contributed by atoms with Crippen molar-refractivity contribution in [2.24, 2.45) is 5.92 Å². The number of aliphatic hydroxyl groups excluding tert-OH is 1. The molecule has 1 aromatic heterocycles. The van der Waals surface area contributed by atoms with Crippen molar-refractivity contribution in [1.82, 2.24) is 9.97 Å². The molecule has 1 N–H and O–H groups in total. The molecule has 3 rings (SSSR count). The summed E-state index contributed by atoms with van der Waals surface area (Å²) in [5.41, 5.74) is 0.965. The lowest BCUT2D eigenvalue weighted by Gasteiger charge is -2.18. The van der Waals surface area contributed by atoms with E-state index >= 15 is 0 Å². The van der Waals surface area contributed by atoms with Gasteiger partial charge in [0.25, 0.3) is 0 Å². The summed E-state index contributed by atoms with van der Waals surface area (Å²) in [5, 5.41) is 9.52. The molecule has 5 heteroatoms. The highest BCUT2D eigenvalue weighted by atomic mass is 35.5. The first kappa shape index (κ1) is 14.3. The summed E-state index contributed by atoms with van der Waals surface area (Å²) in [6.45, 7) is 2.12. The molecule has 4 nitrogen and oxygen atoms in total. The highest BCUT2D eigenvalue weighted by Crippen LogP contribution is 2.27. The van der Waals surface area contributed by atoms with Gasteiger partial charge in [-0.15, -0.1) is 0 Å². The fraction of sp³-hybridized carbons (Fsp3) is 0.375. The van der Waals surface area contributed by atoms with Crippen molar-refractivity contribution in [1.29, 1.82) is 0 Å². The molecular weight excluding hydrogens is 286 g/mol. The van der Waals surface area contributed by atoms with Gasteiger partial charge in [-0.25, -0.2) is 9.97 Å². The van der Waals surface area contributed by atoms with Crippen molar-refractivity contribution in [3.05, 3.63) is 41.6 Å². The molecule has 0 saturated carbocycles. The molecule has 1 saturated heterocycles. The van der Waals surface area contributed by atoms with Crippen LogP contribution in [0.4, 0.5) is 5.82 Å². The van der Waals surface area contributed by atoms with Crippen LogP contribution in [-0.4, -0.2) is 34.8 Å². The molecule has 1 atom stereocenters. The number of halogens is 1. The van der Waals surface area contributed by atoms with Crippen molar-refractivity contribution >= 4 is 17.4 Å². The predicted octanol–water partition coefficient (Wildman–Crippen LogP) is 3.01. The predicted molar refractivity (Wildman–Crippen MR) is 84.5 cm³/mol. The van der Waals surface area contributed by atoms with Gasteiger partial charge in [-0.3, -0.25) is 0 Å². The van der Waals surface area contributed by atoms with E-state index in [1.807, 2.05) is 36.4 Å². The van der Waals surface area contributed by atoms with Crippen molar-refractivity contribution < 1.29 is 5.11 Å². The third-order valence-corrected chi connectivity index (χ3v) is 4.05. The van der Waals surface area contributed by atoms with E-state index in [-0.39, 0.29) is 6.61 Å². The Bertz CT molecular complexity index is 606. The largest absolute Gasteiger partial charge is 0.396 e. The molecule has 1 aliphatic heterocycles. The van der Waals surface area contributed by atoms with Gasteiger partial charge in [-0.2, -0.15) is 0 Å². The zero-order valence-electron chi connectivity index (χ0n) is 11.7. The molecule has 1 aliphatic rings. The van der Waals surface area contributed by atoms with Crippen LogP contribution in [0.25, 0.3) is 11.4 Å². The number of rotatable bonds is 4. The van der Waals surface area contributed by atoms with Crippen LogP contribution >= 0.6 is 11.6 Å². The number of hydrogen-bond acceptors (Lipinski definition) is 4. The van der Waals surface area contributed by atoms with E-state index in [0.29, 0.717) is 16.9 Å². The minimum atomic E-state index is 0.248. The number of hydrogen-bond donors (Lipinski definition) is 1. The summed E-state index contributed by atoms with van der Waals surface area (Å²) in [7, 11) is 0. The molecule has 1 fully saturated rings. The van der Waals surface area contributed by atoms with E-state index in [1.54, 1.807) is 0 Å². The maximum absolute atomic E-state index is 9.06. The lowest BCUT2D eigenvalue weighted by atomic mass is 10.1. The number of nitrogens with zero attached hydrogens (tertiary/aromatic N) is 3. The first-order valence-corrected chi connectivity index (χ1v) is 7.60. The molecule has 1 aromatic carbocycles. The topological polar surface area (TPSA) is 49.2 Å². The van der Waals surface area contributed by atoms with Gasteiger partial charge in [0.15, 0.2) is 5.82 Å². The lowest BCUT2D eigenvalue weighted by Crippen LogP contribution is -2.21. The van der Waals surface area contributed by atoms with Gasteiger partial charge in [-0.1, -0.05) is 41.9 Å². The molecule has 21 heavy (non-hydrogen) atoms. The maximum Gasteiger partial charge on any atom is 0.163 e. The second-order valence-electron chi connectivity index (χ2n) is 5.35. The Hall–Kier alpha value is -1.65. The minimum Gasteiger partial charge on any atom is -0.396 e. The Kier molecular flexibility index (Phi) is 4.36. The second kappa shape index (κ2) is 6.41. The Balaban J connectivity index is 1.85. The number of aliphatic hydroxyl groups is 1. The summed E-state index contributed by atoms with van der Waals surface area (Å²) in [4.78, 5) is 11.2. The average molecular weight is 304 g/mol. The van der Waals surface area contributed by atoms with E-state index in [2.05, 4.69) is 14.9 Å². The van der Waals surface area contributed by atoms with Gasteiger partial charge < -0.3 is 10.0 Å². The van der Waals surface area contributed by atoms with Crippen molar-refractivity contribution in [3.63, 3.8) is 0 Å². The Labute approximate surface area is 129 Å². The average Bonchev–Trinajstić information content (AvgIpc) is 2.97. The molecular formula is C16H18ClN3O. The third-order valence-electron chi connectivity index (χ3n) is 3.86. The number of anilines is 1. The molecule has 0 radical (unpaired) electrons. The fourth-order valence-electron chi connectivity index (χ4n) is 2.74. The molecule has 0 amide bonds. The summed E-state index contributed by atoms with van der Waals surface area (Å²) < 4.78 is 0. The van der Waals surface area contributed by atoms with E-state index < -0.39 is 0 Å². The summed E-state index contributed by atoms with van der Waals surface area (Å²) in [6, 6.07) is 11.7. The summed E-state index contributed by atoms with van der Waals surface area (Å²) in [5.74, 6) is 2.06. The van der Waals surface area contributed by atoms with E-state index in [9.17, 15) is 0 Å². The first-order chi connectivity index (χ1) is 10.3. The van der Waals surface area contributed by atoms with Gasteiger partial charge in [-0.05, 0) is 18.8 Å². The molecule has 0 bridgehead atoms. The maximum atomic E-state index is 9.06. The monoisotopic (exact) mass is 303 g/mol. The van der Waals surface area contributed by atoms with Crippen molar-refractivity contribution in [3.8, 4) is 11.4 Å². The summed E-state index contributed by atoms with van der Waals surface area (Å²) >= 11 is 6.16. The van der Waals surface area contributed by atoms with Gasteiger partial charge >= 0.3 is 0 Å². The second-order valence-corrected chi connectivity index (χ2v) is 5.74. The highest BCUT2D eigenvalue weighted by Gasteiger charge is 2.23. The molecule has 2 aromatic rings. The zero-order valence-corrected chi connectivity index (χ0v) is 12.5. The van der Waals surface area contributed by atoms with Crippen molar-refractivity contribution in [2.45, 2.75) is 12.8 Å². The van der Waals surface area contributed by atoms with Crippen molar-refractivity contribution in [2.75, 3.05) is 24.6 Å². The molecule has 0 aliphatic carbocycles. The van der Waals surface area contributed by atoms with Crippen LogP contribution in [0.1, 0.15) is 12.8 Å². The minimum absolute atomic E-state index is 0.248. The van der Waals surface area contributed by atoms with E-state index in [4.69, 9.17) is 16.7 Å². The SMILES string of the molecule is OCCC1CCN(c2cc(Cl)nc(-c3ccccc3)n2)C1. The van der Waals surface area contributed by atoms with Crippen LogP contribution in [0.2, 0.25) is 5.15 Å². The number of aromatic nitrogens is 2. The van der Waals surface area contributed by atoms with Gasteiger partial charge in [0.1, 0.15) is 11.0 Å². The molecule has 2 heterocycles. The van der Waals surface area contributed by atoms with Crippen LogP contribution in [0.5, 0.6) is 0 Å². The van der Waals surface area contributed by atoms with Gasteiger partial charge in [0.2, 0.25) is 0 Å². The summed E-state index contributed by atoms with van der Waals surface area (Å²) in [6.07, 6.45) is 1.93. The van der Waals surface area contributed by atoms with Crippen LogP contribution in [0, 0.1) is 5.92 Å². The molecule has 1 unspecified atom stereocenters. The van der Waals surface area contributed by atoms with Crippen LogP contribution in [0.15, 0.2) is 36.4 Å². The lowest BCUT2D eigenvalue weighted by molar-refractivity contribution is 0.263. The van der Waals surface area contributed by atoms with Gasteiger partial charge in [0, 0.05) is 31.3 Å². The molecule has 110 valence electrons. The number of benzene rings is 1. The van der Waals surface area contributed by atoms with E-state index in [0.717, 1.165) is 37.3 Å². The Morgan fingerprint density at radius 3 is 2.81 bits per heavy atom. The third kappa shape index (κ3) is 3.34. The first-order valence-electron chi connectivity index (χ1n) is 7.22. The van der Waals surface area contributed by atoms with Gasteiger partial charge in [0.05, 0.1) is 0 Å². The Morgan fingerprint density at radius 2 is 2.05 bits per heavy atom. The van der Waals surface area contributed by atoms with E-state index in [1.165, 1.54) is 0 Å². The van der Waals surface area contributed by atoms with Crippen LogP contribution < -0.4 is 4.90 Å². The van der Waals surface area contributed by atoms with Crippen LogP contribution in [0.3, 0.4) is 0 Å². The fourth-order valence-corrected chi connectivity index (χ4v) is 2.92. The molecule has 0 spiro atoms. The Morgan fingerprint density at radius 1 is 1.24 bits per heavy atom.